The molecule has 3 aromatic heterocycles. The van der Waals surface area contributed by atoms with E-state index in [1.807, 2.05) is 64.3 Å². The summed E-state index contributed by atoms with van der Waals surface area (Å²) < 4.78 is 37.0. The molecule has 0 atom stereocenters. The van der Waals surface area contributed by atoms with Crippen LogP contribution in [0.15, 0.2) is 67.1 Å². The summed E-state index contributed by atoms with van der Waals surface area (Å²) in [5.41, 5.74) is 5.30. The van der Waals surface area contributed by atoms with Crippen LogP contribution in [-0.2, 0) is 36.3 Å². The van der Waals surface area contributed by atoms with Crippen molar-refractivity contribution < 1.29 is 12.3 Å². The molecule has 0 saturated carbocycles. The molecule has 1 aliphatic heterocycles. The van der Waals surface area contributed by atoms with Crippen LogP contribution in [0.25, 0.3) is 11.4 Å². The maximum absolute atomic E-state index is 13.1. The number of nitrogens with zero attached hydrogens (tertiary/aromatic N) is 6. The Morgan fingerprint density at radius 2 is 1.79 bits per heavy atom. The normalized spacial score (nSPS) is 13.8. The lowest BCUT2D eigenvalue weighted by molar-refractivity contribution is 0.299. The van der Waals surface area contributed by atoms with Gasteiger partial charge in [-0.3, -0.25) is 14.6 Å². The summed E-state index contributed by atoms with van der Waals surface area (Å²) in [6.07, 6.45) is 6.00. The molecule has 174 valence electrons. The Kier molecular flexibility index (Phi) is 6.16. The maximum Gasteiger partial charge on any atom is 0.303 e. The van der Waals surface area contributed by atoms with Gasteiger partial charge in [0.1, 0.15) is 11.5 Å². The lowest BCUT2D eigenvalue weighted by Gasteiger charge is -2.12. The Morgan fingerprint density at radius 3 is 2.56 bits per heavy atom. The van der Waals surface area contributed by atoms with Gasteiger partial charge in [-0.2, -0.15) is 13.5 Å². The van der Waals surface area contributed by atoms with Crippen molar-refractivity contribution in [2.24, 2.45) is 0 Å². The van der Waals surface area contributed by atoms with Gasteiger partial charge in [-0.05, 0) is 23.3 Å². The Balaban J connectivity index is 1.46. The highest BCUT2D eigenvalue weighted by Crippen LogP contribution is 2.30. The van der Waals surface area contributed by atoms with Crippen molar-refractivity contribution in [1.29, 1.82) is 0 Å². The van der Waals surface area contributed by atoms with Crippen LogP contribution < -0.4 is 0 Å². The summed E-state index contributed by atoms with van der Waals surface area (Å²) in [6.45, 7) is 1.57. The minimum atomic E-state index is -4.53. The number of pyridine rings is 1. The highest BCUT2D eigenvalue weighted by molar-refractivity contribution is 7.86. The average molecular weight is 479 g/mol. The molecule has 8 nitrogen and oxygen atoms in total. The number of hydrogen-bond donors (Lipinski definition) is 0. The van der Waals surface area contributed by atoms with Gasteiger partial charge in [-0.25, -0.2) is 9.97 Å². The minimum Gasteiger partial charge on any atom is -0.292 e. The van der Waals surface area contributed by atoms with Crippen molar-refractivity contribution in [3.05, 3.63) is 95.3 Å². The average Bonchev–Trinajstić information content (AvgIpc) is 3.45. The van der Waals surface area contributed by atoms with E-state index in [1.54, 1.807) is 12.4 Å². The third-order valence-electron chi connectivity index (χ3n) is 5.70. The van der Waals surface area contributed by atoms with E-state index in [1.165, 1.54) is 0 Å². The number of hydrogen-bond acceptors (Lipinski definition) is 7. The monoisotopic (exact) mass is 478 g/mol. The van der Waals surface area contributed by atoms with Crippen LogP contribution in [0.5, 0.6) is 0 Å². The highest BCUT2D eigenvalue weighted by atomic mass is 32.3. The summed E-state index contributed by atoms with van der Waals surface area (Å²) in [4.78, 5) is 15.6. The third-order valence-corrected chi connectivity index (χ3v) is 6.37. The van der Waals surface area contributed by atoms with E-state index in [0.717, 1.165) is 33.8 Å². The van der Waals surface area contributed by atoms with Gasteiger partial charge in [-0.1, -0.05) is 36.4 Å². The van der Waals surface area contributed by atoms with Crippen LogP contribution in [0.4, 0.5) is 3.89 Å². The second-order valence-electron chi connectivity index (χ2n) is 8.29. The van der Waals surface area contributed by atoms with Crippen LogP contribution in [0, 0.1) is 0 Å². The summed E-state index contributed by atoms with van der Waals surface area (Å²) in [7, 11) is -4.53. The van der Waals surface area contributed by atoms with Crippen LogP contribution >= 0.6 is 0 Å². The smallest absolute Gasteiger partial charge is 0.292 e. The Bertz CT molecular complexity index is 1390. The van der Waals surface area contributed by atoms with Gasteiger partial charge in [0.2, 0.25) is 0 Å². The van der Waals surface area contributed by atoms with Crippen molar-refractivity contribution in [2.45, 2.75) is 26.1 Å². The minimum absolute atomic E-state index is 0.0953. The van der Waals surface area contributed by atoms with Crippen LogP contribution in [0.2, 0.25) is 0 Å². The van der Waals surface area contributed by atoms with E-state index in [0.29, 0.717) is 31.9 Å². The van der Waals surface area contributed by atoms with Gasteiger partial charge in [0, 0.05) is 50.2 Å². The lowest BCUT2D eigenvalue weighted by atomic mass is 10.1. The summed E-state index contributed by atoms with van der Waals surface area (Å²) >= 11 is 0. The number of aromatic nitrogens is 5. The first kappa shape index (κ1) is 22.3. The molecule has 10 heteroatoms. The number of rotatable bonds is 8. The van der Waals surface area contributed by atoms with Gasteiger partial charge in [0.05, 0.1) is 23.7 Å². The van der Waals surface area contributed by atoms with E-state index in [4.69, 9.17) is 15.1 Å². The lowest BCUT2D eigenvalue weighted by Crippen LogP contribution is -2.23. The van der Waals surface area contributed by atoms with Crippen molar-refractivity contribution in [1.82, 2.24) is 29.6 Å². The molecule has 0 aliphatic carbocycles. The fourth-order valence-corrected chi connectivity index (χ4v) is 4.57. The molecule has 4 aromatic rings. The first-order valence-electron chi connectivity index (χ1n) is 10.9. The predicted molar refractivity (Wildman–Crippen MR) is 125 cm³/mol. The van der Waals surface area contributed by atoms with E-state index in [2.05, 4.69) is 4.98 Å². The molecule has 1 aliphatic rings. The van der Waals surface area contributed by atoms with Gasteiger partial charge in [-0.15, -0.1) is 3.89 Å². The second-order valence-corrected chi connectivity index (χ2v) is 9.78. The molecule has 5 rings (SSSR count). The third kappa shape index (κ3) is 5.35. The van der Waals surface area contributed by atoms with E-state index in [-0.39, 0.29) is 6.54 Å². The molecule has 0 radical (unpaired) electrons. The zero-order valence-electron chi connectivity index (χ0n) is 18.4. The molecule has 1 aromatic carbocycles. The Hall–Kier alpha value is -3.50. The largest absolute Gasteiger partial charge is 0.303 e. The zero-order valence-corrected chi connectivity index (χ0v) is 19.2. The fourth-order valence-electron chi connectivity index (χ4n) is 4.09. The van der Waals surface area contributed by atoms with Gasteiger partial charge in [0.25, 0.3) is 0 Å². The van der Waals surface area contributed by atoms with E-state index in [9.17, 15) is 12.3 Å². The molecule has 0 unspecified atom stereocenters. The highest BCUT2D eigenvalue weighted by Gasteiger charge is 2.27. The van der Waals surface area contributed by atoms with E-state index >= 15 is 0 Å². The molecule has 0 saturated heterocycles. The predicted octanol–water partition coefficient (Wildman–Crippen LogP) is 2.99. The summed E-state index contributed by atoms with van der Waals surface area (Å²) in [5, 5.41) is 4.74. The zero-order chi connectivity index (χ0) is 23.5. The van der Waals surface area contributed by atoms with Gasteiger partial charge < -0.3 is 0 Å². The van der Waals surface area contributed by atoms with E-state index < -0.39 is 16.0 Å². The molecule has 0 bridgehead atoms. The van der Waals surface area contributed by atoms with Crippen molar-refractivity contribution in [2.75, 3.05) is 12.3 Å². The molecule has 0 spiro atoms. The Labute approximate surface area is 197 Å². The number of halogens is 1. The SMILES string of the molecule is O=S(=O)(F)CCN1Cc2nc(Cc3ccccc3)nc(-c3ccn(Cc4cccnc4)n3)c2C1. The summed E-state index contributed by atoms with van der Waals surface area (Å²) in [6, 6.07) is 15.8. The number of fused-ring (bicyclic) bond motifs is 1. The fraction of sp³-hybridized carbons (Fsp3) is 0.250. The molecular weight excluding hydrogens is 455 g/mol. The van der Waals surface area contributed by atoms with Crippen LogP contribution in [-0.4, -0.2) is 50.3 Å². The van der Waals surface area contributed by atoms with Crippen molar-refractivity contribution in [3.8, 4) is 11.4 Å². The topological polar surface area (TPSA) is 93.9 Å². The van der Waals surface area contributed by atoms with Crippen molar-refractivity contribution >= 4 is 10.2 Å². The molecular formula is C24H23FN6O2S. The van der Waals surface area contributed by atoms with Gasteiger partial charge in [0.15, 0.2) is 0 Å². The molecule has 34 heavy (non-hydrogen) atoms. The molecule has 0 N–H and O–H groups in total. The molecule has 0 amide bonds. The van der Waals surface area contributed by atoms with Crippen LogP contribution in [0.3, 0.4) is 0 Å². The van der Waals surface area contributed by atoms with Gasteiger partial charge >= 0.3 is 10.2 Å². The molecule has 0 fully saturated rings. The standard InChI is InChI=1S/C24H23FN6O2S/c25-34(32,33)12-11-30-16-20-22(17-30)27-23(13-18-5-2-1-3-6-18)28-24(20)21-8-10-31(29-21)15-19-7-4-9-26-14-19/h1-10,14H,11-13,15-17H2. The Morgan fingerprint density at radius 1 is 0.971 bits per heavy atom. The first-order valence-corrected chi connectivity index (χ1v) is 12.5. The second kappa shape index (κ2) is 9.40. The maximum atomic E-state index is 13.1. The van der Waals surface area contributed by atoms with Crippen molar-refractivity contribution in [3.63, 3.8) is 0 Å². The molecule has 4 heterocycles. The number of benzene rings is 1. The van der Waals surface area contributed by atoms with Crippen LogP contribution in [0.1, 0.15) is 28.2 Å². The quantitative estimate of drug-likeness (QED) is 0.359. The summed E-state index contributed by atoms with van der Waals surface area (Å²) in [5.74, 6) is 0.127. The first-order chi connectivity index (χ1) is 16.4.